The summed E-state index contributed by atoms with van der Waals surface area (Å²) in [5, 5.41) is 5.65. The largest absolute Gasteiger partial charge is 0.476 e. The van der Waals surface area contributed by atoms with E-state index in [9.17, 15) is 9.59 Å². The maximum atomic E-state index is 12.7. The fourth-order valence-electron chi connectivity index (χ4n) is 3.76. The Bertz CT molecular complexity index is 1400. The summed E-state index contributed by atoms with van der Waals surface area (Å²) in [5.41, 5.74) is 9.42. The smallest absolute Gasteiger partial charge is 0.273 e. The maximum absolute atomic E-state index is 12.7. The van der Waals surface area contributed by atoms with E-state index in [1.807, 2.05) is 32.9 Å². The van der Waals surface area contributed by atoms with Gasteiger partial charge in [-0.15, -0.1) is 0 Å². The Hall–Kier alpha value is -4.30. The number of carbonyl (C=O) groups excluding carboxylic acids is 1. The molecule has 0 spiro atoms. The summed E-state index contributed by atoms with van der Waals surface area (Å²) < 4.78 is 12.8. The van der Waals surface area contributed by atoms with E-state index in [-0.39, 0.29) is 17.3 Å². The number of aryl methyl sites for hydroxylation is 3. The van der Waals surface area contributed by atoms with Gasteiger partial charge in [-0.3, -0.25) is 20.4 Å². The summed E-state index contributed by atoms with van der Waals surface area (Å²) in [6, 6.07) is 19.5. The van der Waals surface area contributed by atoms with Crippen LogP contribution in [0, 0.1) is 20.8 Å². The zero-order valence-electron chi connectivity index (χ0n) is 20.1. The van der Waals surface area contributed by atoms with Crippen LogP contribution in [0.4, 0.5) is 5.82 Å². The van der Waals surface area contributed by atoms with Gasteiger partial charge in [-0.05, 0) is 99.0 Å². The van der Waals surface area contributed by atoms with Crippen LogP contribution in [-0.4, -0.2) is 21.9 Å². The Balaban J connectivity index is 1.47. The minimum atomic E-state index is -0.453. The van der Waals surface area contributed by atoms with Crippen molar-refractivity contribution in [3.8, 4) is 22.9 Å². The molecule has 3 aromatic carbocycles. The van der Waals surface area contributed by atoms with Gasteiger partial charge in [0.05, 0.1) is 5.69 Å². The summed E-state index contributed by atoms with van der Waals surface area (Å²) in [4.78, 5) is 25.2. The Morgan fingerprint density at radius 2 is 1.63 bits per heavy atom. The zero-order chi connectivity index (χ0) is 25.1. The number of nitrogens with zero attached hydrogens (tertiary/aromatic N) is 1. The Morgan fingerprint density at radius 3 is 2.26 bits per heavy atom. The standard InChI is InChI=1S/C27H28N4O4/c1-16-11-17(2)13-23(12-16)35-22-8-6-21(7-9-22)31-26(32)15-25(30-31)29-27(33)20-5-10-24(18(3)14-20)34-19(4)28/h5-15,19,30H,28H2,1-4H3,(H,29,33). The first kappa shape index (κ1) is 23.8. The van der Waals surface area contributed by atoms with Crippen LogP contribution < -0.4 is 26.1 Å². The highest BCUT2D eigenvalue weighted by atomic mass is 16.5. The second-order valence-electron chi connectivity index (χ2n) is 8.52. The van der Waals surface area contributed by atoms with Gasteiger partial charge in [-0.25, -0.2) is 4.68 Å². The highest BCUT2D eigenvalue weighted by molar-refractivity contribution is 6.04. The SMILES string of the molecule is Cc1cc(C)cc(Oc2ccc(-n3[nH]c(NC(=O)c4ccc(OC(C)N)c(C)c4)cc3=O)cc2)c1. The number of anilines is 1. The van der Waals surface area contributed by atoms with Gasteiger partial charge in [0.25, 0.3) is 11.5 Å². The molecule has 0 saturated carbocycles. The molecule has 0 radical (unpaired) electrons. The molecule has 4 rings (SSSR count). The summed E-state index contributed by atoms with van der Waals surface area (Å²) in [6.07, 6.45) is -0.453. The van der Waals surface area contributed by atoms with E-state index in [1.54, 1.807) is 49.4 Å². The second-order valence-corrected chi connectivity index (χ2v) is 8.52. The van der Waals surface area contributed by atoms with Crippen LogP contribution in [0.15, 0.2) is 71.5 Å². The van der Waals surface area contributed by atoms with E-state index in [2.05, 4.69) is 16.5 Å². The number of nitrogens with one attached hydrogen (secondary N) is 2. The first-order valence-electron chi connectivity index (χ1n) is 11.2. The third-order valence-electron chi connectivity index (χ3n) is 5.24. The molecular formula is C27H28N4O4. The van der Waals surface area contributed by atoms with E-state index in [0.29, 0.717) is 22.7 Å². The molecule has 1 amide bonds. The molecule has 4 aromatic rings. The summed E-state index contributed by atoms with van der Waals surface area (Å²) in [7, 11) is 0. The third-order valence-corrected chi connectivity index (χ3v) is 5.24. The van der Waals surface area contributed by atoms with Gasteiger partial charge in [0.2, 0.25) is 0 Å². The van der Waals surface area contributed by atoms with Gasteiger partial charge in [0, 0.05) is 11.6 Å². The molecule has 35 heavy (non-hydrogen) atoms. The molecule has 180 valence electrons. The molecule has 0 saturated heterocycles. The number of aromatic amines is 1. The highest BCUT2D eigenvalue weighted by Gasteiger charge is 2.13. The van der Waals surface area contributed by atoms with Crippen molar-refractivity contribution in [1.29, 1.82) is 0 Å². The fraction of sp³-hybridized carbons (Fsp3) is 0.185. The molecule has 0 aliphatic carbocycles. The third kappa shape index (κ3) is 5.80. The maximum Gasteiger partial charge on any atom is 0.273 e. The molecule has 4 N–H and O–H groups in total. The van der Waals surface area contributed by atoms with Crippen molar-refractivity contribution in [3.63, 3.8) is 0 Å². The van der Waals surface area contributed by atoms with Crippen LogP contribution in [0.5, 0.6) is 17.2 Å². The number of H-pyrrole nitrogens is 1. The zero-order valence-corrected chi connectivity index (χ0v) is 20.1. The van der Waals surface area contributed by atoms with Crippen molar-refractivity contribution in [3.05, 3.63) is 99.3 Å². The molecule has 1 atom stereocenters. The van der Waals surface area contributed by atoms with Gasteiger partial charge in [0.1, 0.15) is 29.3 Å². The fourth-order valence-corrected chi connectivity index (χ4v) is 3.76. The average molecular weight is 473 g/mol. The molecule has 0 aliphatic heterocycles. The van der Waals surface area contributed by atoms with Crippen molar-refractivity contribution < 1.29 is 14.3 Å². The van der Waals surface area contributed by atoms with Crippen molar-refractivity contribution in [2.45, 2.75) is 33.9 Å². The number of carbonyl (C=O) groups is 1. The Morgan fingerprint density at radius 1 is 0.943 bits per heavy atom. The van der Waals surface area contributed by atoms with Crippen LogP contribution in [-0.2, 0) is 0 Å². The number of hydrogen-bond donors (Lipinski definition) is 3. The molecule has 0 bridgehead atoms. The van der Waals surface area contributed by atoms with Gasteiger partial charge >= 0.3 is 0 Å². The van der Waals surface area contributed by atoms with Crippen molar-refractivity contribution in [2.75, 3.05) is 5.32 Å². The van der Waals surface area contributed by atoms with Crippen LogP contribution in [0.3, 0.4) is 0 Å². The van der Waals surface area contributed by atoms with Crippen LogP contribution in [0.2, 0.25) is 0 Å². The molecule has 8 heteroatoms. The van der Waals surface area contributed by atoms with E-state index < -0.39 is 6.23 Å². The highest BCUT2D eigenvalue weighted by Crippen LogP contribution is 2.25. The molecule has 0 aliphatic rings. The lowest BCUT2D eigenvalue weighted by Gasteiger charge is -2.13. The monoisotopic (exact) mass is 472 g/mol. The Kier molecular flexibility index (Phi) is 6.75. The molecule has 1 heterocycles. The number of amides is 1. The van der Waals surface area contributed by atoms with E-state index >= 15 is 0 Å². The normalized spacial score (nSPS) is 11.7. The lowest BCUT2D eigenvalue weighted by molar-refractivity contribution is 0.102. The number of rotatable bonds is 7. The quantitative estimate of drug-likeness (QED) is 0.334. The second kappa shape index (κ2) is 9.90. The van der Waals surface area contributed by atoms with Crippen LogP contribution in [0.1, 0.15) is 34.0 Å². The lowest BCUT2D eigenvalue weighted by atomic mass is 10.1. The number of aromatic nitrogens is 2. The predicted octanol–water partition coefficient (Wildman–Crippen LogP) is 4.82. The van der Waals surface area contributed by atoms with Gasteiger partial charge in [0.15, 0.2) is 0 Å². The number of benzene rings is 3. The van der Waals surface area contributed by atoms with Crippen LogP contribution in [0.25, 0.3) is 5.69 Å². The van der Waals surface area contributed by atoms with Gasteiger partial charge < -0.3 is 14.8 Å². The summed E-state index contributed by atoms with van der Waals surface area (Å²) in [5.74, 6) is 1.94. The molecule has 8 nitrogen and oxygen atoms in total. The van der Waals surface area contributed by atoms with Gasteiger partial charge in [-0.1, -0.05) is 6.07 Å². The van der Waals surface area contributed by atoms with E-state index in [1.165, 1.54) is 10.7 Å². The molecule has 1 unspecified atom stereocenters. The van der Waals surface area contributed by atoms with Crippen molar-refractivity contribution in [2.24, 2.45) is 5.73 Å². The Labute approximate surface area is 203 Å². The summed E-state index contributed by atoms with van der Waals surface area (Å²) in [6.45, 7) is 7.60. The number of nitrogens with two attached hydrogens (primary N) is 1. The predicted molar refractivity (Wildman–Crippen MR) is 136 cm³/mol. The lowest BCUT2D eigenvalue weighted by Crippen LogP contribution is -2.23. The molecular weight excluding hydrogens is 444 g/mol. The minimum Gasteiger partial charge on any atom is -0.476 e. The topological polar surface area (TPSA) is 111 Å². The molecule has 1 aromatic heterocycles. The van der Waals surface area contributed by atoms with Gasteiger partial charge in [-0.2, -0.15) is 0 Å². The van der Waals surface area contributed by atoms with E-state index in [4.69, 9.17) is 15.2 Å². The first-order chi connectivity index (χ1) is 16.7. The average Bonchev–Trinajstić information content (AvgIpc) is 3.14. The van der Waals surface area contributed by atoms with Crippen molar-refractivity contribution in [1.82, 2.24) is 9.78 Å². The number of ether oxygens (including phenoxy) is 2. The van der Waals surface area contributed by atoms with E-state index in [0.717, 1.165) is 22.4 Å². The first-order valence-corrected chi connectivity index (χ1v) is 11.2. The number of hydrogen-bond acceptors (Lipinski definition) is 5. The summed E-state index contributed by atoms with van der Waals surface area (Å²) >= 11 is 0. The minimum absolute atomic E-state index is 0.282. The molecule has 0 fully saturated rings. The van der Waals surface area contributed by atoms with Crippen molar-refractivity contribution >= 4 is 11.7 Å². The van der Waals surface area contributed by atoms with Crippen LogP contribution >= 0.6 is 0 Å².